The standard InChI is InChI=1S/C16H17NO3/c1-19-14-9-7-12(8-10-14)11-20-16(18)15(17)13-5-3-2-4-6-13/h2-10,15H,11,17H2,1H3. The van der Waals surface area contributed by atoms with Crippen molar-refractivity contribution in [2.24, 2.45) is 5.73 Å². The molecule has 0 saturated carbocycles. The van der Waals surface area contributed by atoms with E-state index < -0.39 is 12.0 Å². The van der Waals surface area contributed by atoms with Crippen LogP contribution in [0, 0.1) is 0 Å². The molecule has 0 aliphatic carbocycles. The lowest BCUT2D eigenvalue weighted by Crippen LogP contribution is -2.23. The van der Waals surface area contributed by atoms with E-state index in [2.05, 4.69) is 0 Å². The van der Waals surface area contributed by atoms with Crippen LogP contribution in [0.4, 0.5) is 0 Å². The van der Waals surface area contributed by atoms with Crippen LogP contribution in [0.3, 0.4) is 0 Å². The Labute approximate surface area is 118 Å². The first-order valence-electron chi connectivity index (χ1n) is 6.31. The number of hydrogen-bond donors (Lipinski definition) is 1. The third-order valence-corrected chi connectivity index (χ3v) is 2.95. The quantitative estimate of drug-likeness (QED) is 0.848. The number of carbonyl (C=O) groups excluding carboxylic acids is 1. The number of hydrogen-bond acceptors (Lipinski definition) is 4. The molecule has 0 bridgehead atoms. The van der Waals surface area contributed by atoms with Gasteiger partial charge in [-0.1, -0.05) is 42.5 Å². The van der Waals surface area contributed by atoms with Gasteiger partial charge in [0, 0.05) is 0 Å². The molecule has 0 saturated heterocycles. The SMILES string of the molecule is COc1ccc(COC(=O)C(N)c2ccccc2)cc1. The molecule has 0 aliphatic rings. The van der Waals surface area contributed by atoms with Gasteiger partial charge in [0.2, 0.25) is 0 Å². The molecule has 0 aliphatic heterocycles. The van der Waals surface area contributed by atoms with Gasteiger partial charge in [0.1, 0.15) is 18.4 Å². The van der Waals surface area contributed by atoms with E-state index in [0.29, 0.717) is 0 Å². The highest BCUT2D eigenvalue weighted by molar-refractivity contribution is 5.77. The molecule has 20 heavy (non-hydrogen) atoms. The summed E-state index contributed by atoms with van der Waals surface area (Å²) in [6.45, 7) is 0.198. The van der Waals surface area contributed by atoms with Gasteiger partial charge in [-0.3, -0.25) is 0 Å². The Morgan fingerprint density at radius 2 is 1.75 bits per heavy atom. The number of methoxy groups -OCH3 is 1. The number of carbonyl (C=O) groups is 1. The second-order valence-electron chi connectivity index (χ2n) is 4.34. The van der Waals surface area contributed by atoms with Crippen molar-refractivity contribution in [1.29, 1.82) is 0 Å². The fourth-order valence-electron chi connectivity index (χ4n) is 1.76. The predicted molar refractivity (Wildman–Crippen MR) is 76.2 cm³/mol. The van der Waals surface area contributed by atoms with Crippen molar-refractivity contribution in [2.45, 2.75) is 12.6 Å². The van der Waals surface area contributed by atoms with Crippen molar-refractivity contribution in [3.8, 4) is 5.75 Å². The highest BCUT2D eigenvalue weighted by atomic mass is 16.5. The van der Waals surface area contributed by atoms with Gasteiger partial charge >= 0.3 is 5.97 Å². The summed E-state index contributed by atoms with van der Waals surface area (Å²) >= 11 is 0. The summed E-state index contributed by atoms with van der Waals surface area (Å²) in [4.78, 5) is 11.9. The number of esters is 1. The van der Waals surface area contributed by atoms with Crippen LogP contribution in [-0.2, 0) is 16.1 Å². The minimum Gasteiger partial charge on any atom is -0.497 e. The summed E-state index contributed by atoms with van der Waals surface area (Å²) in [7, 11) is 1.61. The Kier molecular flexibility index (Phi) is 4.74. The lowest BCUT2D eigenvalue weighted by molar-refractivity contribution is -0.146. The van der Waals surface area contributed by atoms with Crippen LogP contribution in [0.5, 0.6) is 5.75 Å². The fourth-order valence-corrected chi connectivity index (χ4v) is 1.76. The van der Waals surface area contributed by atoms with Crippen molar-refractivity contribution >= 4 is 5.97 Å². The number of benzene rings is 2. The van der Waals surface area contributed by atoms with Crippen LogP contribution >= 0.6 is 0 Å². The average molecular weight is 271 g/mol. The van der Waals surface area contributed by atoms with Crippen LogP contribution in [0.2, 0.25) is 0 Å². The Morgan fingerprint density at radius 3 is 2.35 bits per heavy atom. The van der Waals surface area contributed by atoms with E-state index in [-0.39, 0.29) is 6.61 Å². The molecule has 104 valence electrons. The monoisotopic (exact) mass is 271 g/mol. The van der Waals surface area contributed by atoms with Gasteiger partial charge in [-0.25, -0.2) is 4.79 Å². The van der Waals surface area contributed by atoms with Gasteiger partial charge in [0.15, 0.2) is 0 Å². The lowest BCUT2D eigenvalue weighted by atomic mass is 10.1. The maximum atomic E-state index is 11.9. The average Bonchev–Trinajstić information content (AvgIpc) is 2.53. The Morgan fingerprint density at radius 1 is 1.10 bits per heavy atom. The van der Waals surface area contributed by atoms with Gasteiger partial charge in [-0.15, -0.1) is 0 Å². The molecule has 4 nitrogen and oxygen atoms in total. The van der Waals surface area contributed by atoms with Crippen LogP contribution in [0.25, 0.3) is 0 Å². The van der Waals surface area contributed by atoms with Crippen molar-refractivity contribution in [1.82, 2.24) is 0 Å². The van der Waals surface area contributed by atoms with Crippen LogP contribution in [-0.4, -0.2) is 13.1 Å². The van der Waals surface area contributed by atoms with Crippen molar-refractivity contribution in [2.75, 3.05) is 7.11 Å². The van der Waals surface area contributed by atoms with E-state index in [9.17, 15) is 4.79 Å². The van der Waals surface area contributed by atoms with E-state index in [1.165, 1.54) is 0 Å². The normalized spacial score (nSPS) is 11.7. The molecular formula is C16H17NO3. The van der Waals surface area contributed by atoms with E-state index >= 15 is 0 Å². The largest absolute Gasteiger partial charge is 0.497 e. The minimum absolute atomic E-state index is 0.198. The molecule has 0 heterocycles. The van der Waals surface area contributed by atoms with E-state index in [1.807, 2.05) is 42.5 Å². The molecule has 0 spiro atoms. The molecule has 0 radical (unpaired) electrons. The predicted octanol–water partition coefficient (Wildman–Crippen LogP) is 2.44. The zero-order valence-electron chi connectivity index (χ0n) is 11.3. The molecule has 1 unspecified atom stereocenters. The van der Waals surface area contributed by atoms with Crippen molar-refractivity contribution in [3.63, 3.8) is 0 Å². The van der Waals surface area contributed by atoms with Crippen molar-refractivity contribution in [3.05, 3.63) is 65.7 Å². The van der Waals surface area contributed by atoms with Crippen LogP contribution in [0.1, 0.15) is 17.2 Å². The highest BCUT2D eigenvalue weighted by Gasteiger charge is 2.16. The maximum Gasteiger partial charge on any atom is 0.327 e. The summed E-state index contributed by atoms with van der Waals surface area (Å²) < 4.78 is 10.3. The van der Waals surface area contributed by atoms with Gasteiger partial charge < -0.3 is 15.2 Å². The molecule has 2 rings (SSSR count). The number of rotatable bonds is 5. The zero-order valence-corrected chi connectivity index (χ0v) is 11.3. The topological polar surface area (TPSA) is 61.5 Å². The summed E-state index contributed by atoms with van der Waals surface area (Å²) in [6, 6.07) is 15.7. The Bertz CT molecular complexity index is 552. The van der Waals surface area contributed by atoms with Gasteiger partial charge in [-0.05, 0) is 23.3 Å². The lowest BCUT2D eigenvalue weighted by Gasteiger charge is -2.12. The fraction of sp³-hybridized carbons (Fsp3) is 0.188. The molecule has 1 atom stereocenters. The summed E-state index contributed by atoms with van der Waals surface area (Å²) in [5, 5.41) is 0. The van der Waals surface area contributed by atoms with E-state index in [0.717, 1.165) is 16.9 Å². The third-order valence-electron chi connectivity index (χ3n) is 2.95. The summed E-state index contributed by atoms with van der Waals surface area (Å²) in [6.07, 6.45) is 0. The van der Waals surface area contributed by atoms with E-state index in [1.54, 1.807) is 19.2 Å². The summed E-state index contributed by atoms with van der Waals surface area (Å²) in [5.74, 6) is 0.327. The first-order valence-corrected chi connectivity index (χ1v) is 6.31. The molecule has 2 aromatic rings. The number of ether oxygens (including phenoxy) is 2. The third kappa shape index (κ3) is 3.59. The molecule has 2 aromatic carbocycles. The highest BCUT2D eigenvalue weighted by Crippen LogP contribution is 2.14. The second-order valence-corrected chi connectivity index (χ2v) is 4.34. The van der Waals surface area contributed by atoms with Crippen LogP contribution in [0.15, 0.2) is 54.6 Å². The maximum absolute atomic E-state index is 11.9. The Hall–Kier alpha value is -2.33. The zero-order chi connectivity index (χ0) is 14.4. The second kappa shape index (κ2) is 6.73. The molecule has 0 fully saturated rings. The van der Waals surface area contributed by atoms with Crippen LogP contribution < -0.4 is 10.5 Å². The number of nitrogens with two attached hydrogens (primary N) is 1. The van der Waals surface area contributed by atoms with Gasteiger partial charge in [0.25, 0.3) is 0 Å². The van der Waals surface area contributed by atoms with Crippen molar-refractivity contribution < 1.29 is 14.3 Å². The molecule has 0 aromatic heterocycles. The first-order chi connectivity index (χ1) is 9.70. The Balaban J connectivity index is 1.91. The molecule has 4 heteroatoms. The molecule has 0 amide bonds. The molecule has 2 N–H and O–H groups in total. The smallest absolute Gasteiger partial charge is 0.327 e. The van der Waals surface area contributed by atoms with Gasteiger partial charge in [0.05, 0.1) is 7.11 Å². The summed E-state index contributed by atoms with van der Waals surface area (Å²) in [5.41, 5.74) is 7.48. The first kappa shape index (κ1) is 14.1. The van der Waals surface area contributed by atoms with Gasteiger partial charge in [-0.2, -0.15) is 0 Å². The molecular weight excluding hydrogens is 254 g/mol. The minimum atomic E-state index is -0.755. The van der Waals surface area contributed by atoms with E-state index in [4.69, 9.17) is 15.2 Å².